The van der Waals surface area contributed by atoms with Crippen LogP contribution in [0.1, 0.15) is 29.3 Å². The van der Waals surface area contributed by atoms with Crippen LogP contribution in [0.3, 0.4) is 0 Å². The van der Waals surface area contributed by atoms with Crippen molar-refractivity contribution >= 4 is 38.3 Å². The number of carbonyl (C=O) groups excluding carboxylic acids is 1. The van der Waals surface area contributed by atoms with E-state index in [1.165, 1.54) is 11.3 Å². The van der Waals surface area contributed by atoms with Gasteiger partial charge in [0.2, 0.25) is 5.88 Å². The molecular weight excluding hydrogens is 432 g/mol. The summed E-state index contributed by atoms with van der Waals surface area (Å²) in [5, 5.41) is 4.00. The summed E-state index contributed by atoms with van der Waals surface area (Å²) in [6.45, 7) is 6.95. The first kappa shape index (κ1) is 22.5. The van der Waals surface area contributed by atoms with Crippen LogP contribution in [0.5, 0.6) is 5.88 Å². The molecule has 4 aromatic rings. The van der Waals surface area contributed by atoms with Gasteiger partial charge in [-0.15, -0.1) is 0 Å². The number of benzene rings is 2. The molecule has 0 aliphatic carbocycles. The minimum absolute atomic E-state index is 0.0150. The SMILES string of the molecule is C=C(Nc1nc2c(OC)ncc(-c3ccccc3)c2s1)c1ccc(C(=O)N(C)CCC)cc1. The molecule has 168 valence electrons. The van der Waals surface area contributed by atoms with Crippen molar-refractivity contribution in [2.24, 2.45) is 0 Å². The lowest BCUT2D eigenvalue weighted by Gasteiger charge is -2.16. The monoisotopic (exact) mass is 458 g/mol. The fraction of sp³-hybridized carbons (Fsp3) is 0.192. The van der Waals surface area contributed by atoms with Crippen molar-refractivity contribution in [3.8, 4) is 17.0 Å². The Balaban J connectivity index is 1.59. The number of nitrogens with zero attached hydrogens (tertiary/aromatic N) is 3. The standard InChI is InChI=1S/C26H26N4O2S/c1-5-15-30(3)25(31)20-13-11-18(12-14-20)17(2)28-26-29-22-23(33-26)21(16-27-24(22)32-4)19-9-7-6-8-10-19/h6-14,16H,2,5,15H2,1,3-4H3,(H,28,29). The van der Waals surface area contributed by atoms with Crippen LogP contribution < -0.4 is 10.1 Å². The molecule has 0 aliphatic rings. The molecule has 1 amide bonds. The average Bonchev–Trinajstić information content (AvgIpc) is 3.27. The van der Waals surface area contributed by atoms with Crippen molar-refractivity contribution < 1.29 is 9.53 Å². The normalized spacial score (nSPS) is 10.8. The van der Waals surface area contributed by atoms with Crippen molar-refractivity contribution in [2.75, 3.05) is 26.0 Å². The number of methoxy groups -OCH3 is 1. The third-order valence-corrected chi connectivity index (χ3v) is 6.31. The number of nitrogens with one attached hydrogen (secondary N) is 1. The van der Waals surface area contributed by atoms with Gasteiger partial charge in [0.1, 0.15) is 5.52 Å². The molecule has 33 heavy (non-hydrogen) atoms. The molecular formula is C26H26N4O2S. The van der Waals surface area contributed by atoms with Crippen molar-refractivity contribution in [3.63, 3.8) is 0 Å². The van der Waals surface area contributed by atoms with Crippen LogP contribution in [0.2, 0.25) is 0 Å². The minimum atomic E-state index is 0.0150. The maximum absolute atomic E-state index is 12.5. The Labute approximate surface area is 197 Å². The fourth-order valence-electron chi connectivity index (χ4n) is 3.59. The molecule has 2 heterocycles. The second kappa shape index (κ2) is 9.83. The van der Waals surface area contributed by atoms with Crippen molar-refractivity contribution in [2.45, 2.75) is 13.3 Å². The van der Waals surface area contributed by atoms with E-state index in [9.17, 15) is 4.79 Å². The van der Waals surface area contributed by atoms with E-state index in [-0.39, 0.29) is 5.91 Å². The molecule has 0 aliphatic heterocycles. The quantitative estimate of drug-likeness (QED) is 0.354. The highest BCUT2D eigenvalue weighted by Gasteiger charge is 2.16. The van der Waals surface area contributed by atoms with E-state index < -0.39 is 0 Å². The van der Waals surface area contributed by atoms with Crippen molar-refractivity contribution in [1.29, 1.82) is 0 Å². The number of anilines is 1. The first-order valence-electron chi connectivity index (χ1n) is 10.7. The van der Waals surface area contributed by atoms with Crippen molar-refractivity contribution in [3.05, 3.63) is 78.5 Å². The number of ether oxygens (including phenoxy) is 1. The Morgan fingerprint density at radius 2 is 1.82 bits per heavy atom. The molecule has 0 bridgehead atoms. The maximum Gasteiger partial charge on any atom is 0.253 e. The fourth-order valence-corrected chi connectivity index (χ4v) is 4.60. The summed E-state index contributed by atoms with van der Waals surface area (Å²) in [7, 11) is 3.41. The molecule has 0 radical (unpaired) electrons. The molecule has 0 atom stereocenters. The van der Waals surface area contributed by atoms with E-state index in [1.807, 2.05) is 55.7 Å². The van der Waals surface area contributed by atoms with Crippen molar-refractivity contribution in [1.82, 2.24) is 14.9 Å². The van der Waals surface area contributed by atoms with Crippen LogP contribution >= 0.6 is 11.3 Å². The molecule has 4 rings (SSSR count). The highest BCUT2D eigenvalue weighted by molar-refractivity contribution is 7.22. The van der Waals surface area contributed by atoms with Gasteiger partial charge in [0, 0.05) is 36.6 Å². The second-order valence-electron chi connectivity index (χ2n) is 7.65. The summed E-state index contributed by atoms with van der Waals surface area (Å²) >= 11 is 1.52. The van der Waals surface area contributed by atoms with Gasteiger partial charge in [-0.05, 0) is 29.7 Å². The summed E-state index contributed by atoms with van der Waals surface area (Å²) in [6.07, 6.45) is 2.74. The Morgan fingerprint density at radius 3 is 2.48 bits per heavy atom. The maximum atomic E-state index is 12.5. The Hall–Kier alpha value is -3.71. The Kier molecular flexibility index (Phi) is 6.70. The molecule has 6 nitrogen and oxygen atoms in total. The zero-order chi connectivity index (χ0) is 23.4. The number of pyridine rings is 1. The van der Waals surface area contributed by atoms with Crippen LogP contribution in [0.4, 0.5) is 5.13 Å². The van der Waals surface area contributed by atoms with Gasteiger partial charge in [-0.1, -0.05) is 67.3 Å². The molecule has 0 fully saturated rings. The molecule has 0 unspecified atom stereocenters. The number of carbonyl (C=O) groups is 1. The van der Waals surface area contributed by atoms with Crippen LogP contribution in [-0.4, -0.2) is 41.5 Å². The van der Waals surface area contributed by atoms with E-state index in [0.29, 0.717) is 27.8 Å². The summed E-state index contributed by atoms with van der Waals surface area (Å²) in [5.74, 6) is 0.500. The molecule has 0 saturated carbocycles. The number of rotatable bonds is 8. The molecule has 2 aromatic carbocycles. The van der Waals surface area contributed by atoms with E-state index in [0.717, 1.165) is 34.4 Å². The summed E-state index contributed by atoms with van der Waals surface area (Å²) < 4.78 is 6.43. The zero-order valence-corrected chi connectivity index (χ0v) is 19.8. The topological polar surface area (TPSA) is 67.4 Å². The molecule has 0 saturated heterocycles. The molecule has 1 N–H and O–H groups in total. The van der Waals surface area contributed by atoms with Crippen LogP contribution in [0.25, 0.3) is 27.0 Å². The number of amides is 1. The van der Waals surface area contributed by atoms with Crippen LogP contribution in [-0.2, 0) is 0 Å². The van der Waals surface area contributed by atoms with Gasteiger partial charge in [0.15, 0.2) is 5.13 Å². The van der Waals surface area contributed by atoms with E-state index in [1.54, 1.807) is 12.0 Å². The first-order chi connectivity index (χ1) is 16.0. The molecule has 0 spiro atoms. The van der Waals surface area contributed by atoms with Gasteiger partial charge < -0.3 is 15.0 Å². The number of hydrogen-bond acceptors (Lipinski definition) is 6. The minimum Gasteiger partial charge on any atom is -0.479 e. The lowest BCUT2D eigenvalue weighted by Crippen LogP contribution is -2.27. The van der Waals surface area contributed by atoms with E-state index in [2.05, 4.69) is 35.9 Å². The third-order valence-electron chi connectivity index (χ3n) is 5.31. The van der Waals surface area contributed by atoms with E-state index in [4.69, 9.17) is 9.72 Å². The number of thiazole rings is 1. The third kappa shape index (κ3) is 4.73. The van der Waals surface area contributed by atoms with Gasteiger partial charge >= 0.3 is 0 Å². The van der Waals surface area contributed by atoms with E-state index >= 15 is 0 Å². The zero-order valence-electron chi connectivity index (χ0n) is 19.0. The number of hydrogen-bond donors (Lipinski definition) is 1. The second-order valence-corrected chi connectivity index (χ2v) is 8.65. The van der Waals surface area contributed by atoms with Gasteiger partial charge in [-0.3, -0.25) is 4.79 Å². The Morgan fingerprint density at radius 1 is 1.12 bits per heavy atom. The highest BCUT2D eigenvalue weighted by Crippen LogP contribution is 2.38. The van der Waals surface area contributed by atoms with Gasteiger partial charge in [-0.25, -0.2) is 9.97 Å². The predicted molar refractivity (Wildman–Crippen MR) is 136 cm³/mol. The Bertz CT molecular complexity index is 1280. The van der Waals surface area contributed by atoms with Gasteiger partial charge in [0.25, 0.3) is 5.91 Å². The predicted octanol–water partition coefficient (Wildman–Crippen LogP) is 5.93. The van der Waals surface area contributed by atoms with Gasteiger partial charge in [-0.2, -0.15) is 0 Å². The average molecular weight is 459 g/mol. The lowest BCUT2D eigenvalue weighted by atomic mass is 10.1. The summed E-state index contributed by atoms with van der Waals surface area (Å²) in [6, 6.07) is 17.5. The highest BCUT2D eigenvalue weighted by atomic mass is 32.1. The lowest BCUT2D eigenvalue weighted by molar-refractivity contribution is 0.0795. The van der Waals surface area contributed by atoms with Crippen LogP contribution in [0.15, 0.2) is 67.4 Å². The van der Waals surface area contributed by atoms with Crippen LogP contribution in [0, 0.1) is 0 Å². The van der Waals surface area contributed by atoms with Gasteiger partial charge in [0.05, 0.1) is 11.8 Å². The molecule has 7 heteroatoms. The molecule has 2 aromatic heterocycles. The largest absolute Gasteiger partial charge is 0.479 e. The number of aromatic nitrogens is 2. The first-order valence-corrected chi connectivity index (χ1v) is 11.5. The number of fused-ring (bicyclic) bond motifs is 1. The summed E-state index contributed by atoms with van der Waals surface area (Å²) in [5.41, 5.74) is 5.02. The smallest absolute Gasteiger partial charge is 0.253 e. The summed E-state index contributed by atoms with van der Waals surface area (Å²) in [4.78, 5) is 23.4.